The van der Waals surface area contributed by atoms with Crippen molar-refractivity contribution in [2.45, 2.75) is 25.2 Å². The number of hydrogen-bond acceptors (Lipinski definition) is 0. The van der Waals surface area contributed by atoms with Crippen LogP contribution in [0.25, 0.3) is 0 Å². The Balaban J connectivity index is 3.51. The smallest absolute Gasteiger partial charge is 0.251 e. The van der Waals surface area contributed by atoms with Crippen molar-refractivity contribution in [2.24, 2.45) is 0 Å². The van der Waals surface area contributed by atoms with Gasteiger partial charge in [0.2, 0.25) is 0 Å². The maximum absolute atomic E-state index is 12.4. The molecule has 0 saturated heterocycles. The predicted molar refractivity (Wildman–Crippen MR) is 35.0 cm³/mol. The van der Waals surface area contributed by atoms with E-state index in [1.54, 1.807) is 0 Å². The molecule has 0 aliphatic heterocycles. The fourth-order valence-electron chi connectivity index (χ4n) is 0.639. The van der Waals surface area contributed by atoms with E-state index in [1.165, 1.54) is 0 Å². The van der Waals surface area contributed by atoms with Gasteiger partial charge in [-0.3, -0.25) is 4.39 Å². The lowest BCUT2D eigenvalue weighted by molar-refractivity contribution is -0.00759. The van der Waals surface area contributed by atoms with Gasteiger partial charge in [0.1, 0.15) is 0 Å². The summed E-state index contributed by atoms with van der Waals surface area (Å²) in [6, 6.07) is 0. The Morgan fingerprint density at radius 2 is 2.00 bits per heavy atom. The van der Waals surface area contributed by atoms with E-state index in [9.17, 15) is 13.2 Å². The van der Waals surface area contributed by atoms with E-state index in [2.05, 4.69) is 6.58 Å². The van der Waals surface area contributed by atoms with Gasteiger partial charge < -0.3 is 0 Å². The average Bonchev–Trinajstić information content (AvgIpc) is 1.84. The summed E-state index contributed by atoms with van der Waals surface area (Å²) in [5.41, 5.74) is 0. The number of alkyl halides is 3. The van der Waals surface area contributed by atoms with Gasteiger partial charge in [-0.1, -0.05) is 6.08 Å². The van der Waals surface area contributed by atoms with Crippen LogP contribution in [0.15, 0.2) is 12.7 Å². The third-order valence-electron chi connectivity index (χ3n) is 1.12. The van der Waals surface area contributed by atoms with E-state index in [4.69, 9.17) is 0 Å². The van der Waals surface area contributed by atoms with Crippen LogP contribution in [0, 0.1) is 0 Å². The van der Waals surface area contributed by atoms with E-state index in [-0.39, 0.29) is 19.3 Å². The molecule has 0 aliphatic rings. The van der Waals surface area contributed by atoms with E-state index >= 15 is 0 Å². The number of hydrogen-bond donors (Lipinski definition) is 0. The molecule has 0 aromatic carbocycles. The molecular formula is C7H11F3. The Kier molecular flexibility index (Phi) is 4.16. The van der Waals surface area contributed by atoms with Crippen LogP contribution in [-0.2, 0) is 0 Å². The monoisotopic (exact) mass is 152 g/mol. The Labute approximate surface area is 58.7 Å². The second-order valence-electron chi connectivity index (χ2n) is 2.14. The summed E-state index contributed by atoms with van der Waals surface area (Å²) in [5, 5.41) is 0. The SMILES string of the molecule is C=CCC(F)(F)CCCF. The molecule has 0 amide bonds. The van der Waals surface area contributed by atoms with Crippen molar-refractivity contribution < 1.29 is 13.2 Å². The summed E-state index contributed by atoms with van der Waals surface area (Å²) in [5.74, 6) is -2.76. The molecule has 0 radical (unpaired) electrons. The first-order chi connectivity index (χ1) is 4.62. The molecule has 0 bridgehead atoms. The molecule has 0 atom stereocenters. The third-order valence-corrected chi connectivity index (χ3v) is 1.12. The number of allylic oxidation sites excluding steroid dienone is 1. The van der Waals surface area contributed by atoms with Crippen LogP contribution in [0.2, 0.25) is 0 Å². The van der Waals surface area contributed by atoms with Gasteiger partial charge in [0.25, 0.3) is 5.92 Å². The molecule has 0 aromatic heterocycles. The minimum Gasteiger partial charge on any atom is -0.251 e. The summed E-state index contributed by atoms with van der Waals surface area (Å²) >= 11 is 0. The molecule has 0 spiro atoms. The molecule has 0 fully saturated rings. The van der Waals surface area contributed by atoms with E-state index in [0.29, 0.717) is 0 Å². The van der Waals surface area contributed by atoms with Crippen molar-refractivity contribution in [3.63, 3.8) is 0 Å². The maximum Gasteiger partial charge on any atom is 0.251 e. The first-order valence-electron chi connectivity index (χ1n) is 3.17. The summed E-state index contributed by atoms with van der Waals surface area (Å²) in [6.45, 7) is 2.51. The predicted octanol–water partition coefficient (Wildman–Crippen LogP) is 2.95. The summed E-state index contributed by atoms with van der Waals surface area (Å²) < 4.78 is 36.2. The normalized spacial score (nSPS) is 11.5. The Bertz CT molecular complexity index is 99.0. The maximum atomic E-state index is 12.4. The first-order valence-corrected chi connectivity index (χ1v) is 3.17. The van der Waals surface area contributed by atoms with Gasteiger partial charge in [-0.25, -0.2) is 8.78 Å². The fraction of sp³-hybridized carbons (Fsp3) is 0.714. The Morgan fingerprint density at radius 3 is 2.40 bits per heavy atom. The minimum absolute atomic E-state index is 0.0686. The molecule has 0 unspecified atom stereocenters. The van der Waals surface area contributed by atoms with Crippen molar-refractivity contribution in [3.05, 3.63) is 12.7 Å². The Hall–Kier alpha value is -0.470. The highest BCUT2D eigenvalue weighted by Gasteiger charge is 2.25. The molecule has 60 valence electrons. The fourth-order valence-corrected chi connectivity index (χ4v) is 0.639. The molecule has 3 heteroatoms. The number of rotatable bonds is 5. The van der Waals surface area contributed by atoms with Crippen LogP contribution in [0.3, 0.4) is 0 Å². The van der Waals surface area contributed by atoms with E-state index in [1.807, 2.05) is 0 Å². The quantitative estimate of drug-likeness (QED) is 0.531. The molecule has 0 aromatic rings. The van der Waals surface area contributed by atoms with E-state index in [0.717, 1.165) is 6.08 Å². The van der Waals surface area contributed by atoms with Crippen LogP contribution >= 0.6 is 0 Å². The summed E-state index contributed by atoms with van der Waals surface area (Å²) in [6.07, 6.45) is 0.349. The second kappa shape index (κ2) is 4.36. The minimum atomic E-state index is -2.76. The van der Waals surface area contributed by atoms with Crippen molar-refractivity contribution in [1.29, 1.82) is 0 Å². The van der Waals surface area contributed by atoms with Crippen molar-refractivity contribution >= 4 is 0 Å². The highest BCUT2D eigenvalue weighted by molar-refractivity contribution is 4.78. The molecule has 0 nitrogen and oxygen atoms in total. The Morgan fingerprint density at radius 1 is 1.40 bits per heavy atom. The largest absolute Gasteiger partial charge is 0.251 e. The lowest BCUT2D eigenvalue weighted by atomic mass is 10.1. The third kappa shape index (κ3) is 4.41. The van der Waals surface area contributed by atoms with Crippen LogP contribution in [0.4, 0.5) is 13.2 Å². The van der Waals surface area contributed by atoms with Crippen molar-refractivity contribution in [2.75, 3.05) is 6.67 Å². The van der Waals surface area contributed by atoms with Gasteiger partial charge in [-0.2, -0.15) is 0 Å². The molecule has 0 heterocycles. The zero-order valence-electron chi connectivity index (χ0n) is 5.75. The van der Waals surface area contributed by atoms with Gasteiger partial charge in [0, 0.05) is 12.8 Å². The molecule has 0 aliphatic carbocycles. The van der Waals surface area contributed by atoms with Gasteiger partial charge in [-0.15, -0.1) is 6.58 Å². The number of halogens is 3. The molecule has 0 rings (SSSR count). The second-order valence-corrected chi connectivity index (χ2v) is 2.14. The summed E-state index contributed by atoms with van der Waals surface area (Å²) in [4.78, 5) is 0. The zero-order chi connectivity index (χ0) is 8.04. The molecule has 0 saturated carbocycles. The molecular weight excluding hydrogens is 141 g/mol. The molecule has 10 heavy (non-hydrogen) atoms. The lowest BCUT2D eigenvalue weighted by Gasteiger charge is -2.11. The first kappa shape index (κ1) is 9.53. The van der Waals surface area contributed by atoms with Crippen LogP contribution in [0.1, 0.15) is 19.3 Å². The standard InChI is InChI=1S/C7H11F3/c1-2-4-7(9,10)5-3-6-8/h2H,1,3-6H2. The topological polar surface area (TPSA) is 0 Å². The van der Waals surface area contributed by atoms with Crippen LogP contribution < -0.4 is 0 Å². The average molecular weight is 152 g/mol. The van der Waals surface area contributed by atoms with Gasteiger partial charge >= 0.3 is 0 Å². The molecule has 0 N–H and O–H groups in total. The highest BCUT2D eigenvalue weighted by Crippen LogP contribution is 2.24. The van der Waals surface area contributed by atoms with Crippen molar-refractivity contribution in [3.8, 4) is 0 Å². The zero-order valence-corrected chi connectivity index (χ0v) is 5.75. The van der Waals surface area contributed by atoms with Gasteiger partial charge in [0.05, 0.1) is 6.67 Å². The van der Waals surface area contributed by atoms with Crippen molar-refractivity contribution in [1.82, 2.24) is 0 Å². The van der Waals surface area contributed by atoms with E-state index < -0.39 is 12.6 Å². The van der Waals surface area contributed by atoms with Crippen LogP contribution in [-0.4, -0.2) is 12.6 Å². The lowest BCUT2D eigenvalue weighted by Crippen LogP contribution is -2.14. The van der Waals surface area contributed by atoms with Gasteiger partial charge in [0.15, 0.2) is 0 Å². The summed E-state index contributed by atoms with van der Waals surface area (Å²) in [7, 11) is 0. The van der Waals surface area contributed by atoms with Gasteiger partial charge in [-0.05, 0) is 6.42 Å². The highest BCUT2D eigenvalue weighted by atomic mass is 19.3. The van der Waals surface area contributed by atoms with Crippen LogP contribution in [0.5, 0.6) is 0 Å².